The van der Waals surface area contributed by atoms with E-state index in [1.165, 1.54) is 12.8 Å². The molecule has 2 aliphatic rings. The molecule has 6 heteroatoms. The van der Waals surface area contributed by atoms with Gasteiger partial charge in [-0.3, -0.25) is 4.79 Å². The standard InChI is InChI=1S/C14H25N3O3/c1-2-20-14(19)17-9-7-16(8-10-17)13(18)11-12-5-3-4-6-15-12/h12,15H,2-11H2,1H3. The fraction of sp³-hybridized carbons (Fsp3) is 0.857. The highest BCUT2D eigenvalue weighted by Crippen LogP contribution is 2.13. The Morgan fingerprint density at radius 3 is 2.45 bits per heavy atom. The van der Waals surface area contributed by atoms with Gasteiger partial charge in [0.25, 0.3) is 0 Å². The first kappa shape index (κ1) is 15.1. The van der Waals surface area contributed by atoms with Gasteiger partial charge >= 0.3 is 6.09 Å². The lowest BCUT2D eigenvalue weighted by atomic mass is 10.0. The van der Waals surface area contributed by atoms with Crippen LogP contribution in [0.5, 0.6) is 0 Å². The summed E-state index contributed by atoms with van der Waals surface area (Å²) in [6.07, 6.45) is 3.83. The zero-order valence-corrected chi connectivity index (χ0v) is 12.3. The van der Waals surface area contributed by atoms with Crippen LogP contribution >= 0.6 is 0 Å². The van der Waals surface area contributed by atoms with Crippen LogP contribution in [0, 0.1) is 0 Å². The van der Waals surface area contributed by atoms with E-state index in [0.717, 1.165) is 13.0 Å². The Balaban J connectivity index is 1.72. The molecule has 0 bridgehead atoms. The smallest absolute Gasteiger partial charge is 0.409 e. The quantitative estimate of drug-likeness (QED) is 0.833. The lowest BCUT2D eigenvalue weighted by Crippen LogP contribution is -2.51. The van der Waals surface area contributed by atoms with Crippen LogP contribution in [0.3, 0.4) is 0 Å². The van der Waals surface area contributed by atoms with Crippen molar-refractivity contribution in [2.24, 2.45) is 0 Å². The van der Waals surface area contributed by atoms with Gasteiger partial charge < -0.3 is 19.9 Å². The van der Waals surface area contributed by atoms with E-state index in [1.807, 2.05) is 4.90 Å². The Hall–Kier alpha value is -1.30. The van der Waals surface area contributed by atoms with Gasteiger partial charge in [-0.1, -0.05) is 6.42 Å². The SMILES string of the molecule is CCOC(=O)N1CCN(C(=O)CC2CCCCN2)CC1. The fourth-order valence-electron chi connectivity index (χ4n) is 2.79. The molecule has 1 atom stereocenters. The first-order chi connectivity index (χ1) is 9.70. The summed E-state index contributed by atoms with van der Waals surface area (Å²) in [7, 11) is 0. The minimum atomic E-state index is -0.270. The maximum Gasteiger partial charge on any atom is 0.409 e. The van der Waals surface area contributed by atoms with E-state index in [-0.39, 0.29) is 12.0 Å². The summed E-state index contributed by atoms with van der Waals surface area (Å²) in [5.41, 5.74) is 0. The molecule has 0 aromatic carbocycles. The highest BCUT2D eigenvalue weighted by Gasteiger charge is 2.26. The molecule has 1 unspecified atom stereocenters. The lowest BCUT2D eigenvalue weighted by Gasteiger charge is -2.35. The van der Waals surface area contributed by atoms with Crippen molar-refractivity contribution in [1.29, 1.82) is 0 Å². The van der Waals surface area contributed by atoms with Gasteiger partial charge in [0.15, 0.2) is 0 Å². The fourth-order valence-corrected chi connectivity index (χ4v) is 2.79. The van der Waals surface area contributed by atoms with Crippen LogP contribution < -0.4 is 5.32 Å². The minimum Gasteiger partial charge on any atom is -0.450 e. The van der Waals surface area contributed by atoms with Crippen LogP contribution in [0.15, 0.2) is 0 Å². The number of nitrogens with zero attached hydrogens (tertiary/aromatic N) is 2. The molecule has 2 heterocycles. The summed E-state index contributed by atoms with van der Waals surface area (Å²) in [6, 6.07) is 0.333. The molecule has 2 fully saturated rings. The third kappa shape index (κ3) is 4.10. The van der Waals surface area contributed by atoms with Crippen LogP contribution in [0.4, 0.5) is 4.79 Å². The van der Waals surface area contributed by atoms with Crippen LogP contribution in [0.25, 0.3) is 0 Å². The molecule has 0 spiro atoms. The lowest BCUT2D eigenvalue weighted by molar-refractivity contribution is -0.133. The molecule has 2 aliphatic heterocycles. The van der Waals surface area contributed by atoms with Gasteiger partial charge in [0.05, 0.1) is 6.61 Å². The van der Waals surface area contributed by atoms with E-state index in [0.29, 0.717) is 45.2 Å². The summed E-state index contributed by atoms with van der Waals surface area (Å²) in [6.45, 7) is 5.59. The van der Waals surface area contributed by atoms with Crippen molar-refractivity contribution in [3.05, 3.63) is 0 Å². The van der Waals surface area contributed by atoms with Crippen LogP contribution in [0.2, 0.25) is 0 Å². The first-order valence-corrected chi connectivity index (χ1v) is 7.63. The maximum absolute atomic E-state index is 12.2. The number of ether oxygens (including phenoxy) is 1. The van der Waals surface area contributed by atoms with Gasteiger partial charge in [-0.15, -0.1) is 0 Å². The number of nitrogens with one attached hydrogen (secondary N) is 1. The van der Waals surface area contributed by atoms with Gasteiger partial charge in [0.1, 0.15) is 0 Å². The van der Waals surface area contributed by atoms with Crippen LogP contribution in [-0.2, 0) is 9.53 Å². The monoisotopic (exact) mass is 283 g/mol. The van der Waals surface area contributed by atoms with E-state index in [4.69, 9.17) is 4.74 Å². The van der Waals surface area contributed by atoms with Crippen molar-refractivity contribution in [3.63, 3.8) is 0 Å². The van der Waals surface area contributed by atoms with Gasteiger partial charge in [0, 0.05) is 38.6 Å². The molecular weight excluding hydrogens is 258 g/mol. The molecule has 0 aromatic heterocycles. The van der Waals surface area contributed by atoms with E-state index in [2.05, 4.69) is 5.32 Å². The second kappa shape index (κ2) is 7.47. The van der Waals surface area contributed by atoms with Gasteiger partial charge in [-0.25, -0.2) is 4.79 Å². The number of hydrogen-bond acceptors (Lipinski definition) is 4. The third-order valence-corrected chi connectivity index (χ3v) is 3.99. The molecule has 114 valence electrons. The predicted octanol–water partition coefficient (Wildman–Crippen LogP) is 0.819. The minimum absolute atomic E-state index is 0.202. The summed E-state index contributed by atoms with van der Waals surface area (Å²) in [5.74, 6) is 0.202. The molecule has 6 nitrogen and oxygen atoms in total. The van der Waals surface area contributed by atoms with Crippen molar-refractivity contribution in [3.8, 4) is 0 Å². The zero-order chi connectivity index (χ0) is 14.4. The molecule has 0 aromatic rings. The molecule has 0 radical (unpaired) electrons. The predicted molar refractivity (Wildman–Crippen MR) is 75.4 cm³/mol. The highest BCUT2D eigenvalue weighted by molar-refractivity contribution is 5.77. The van der Waals surface area contributed by atoms with E-state index >= 15 is 0 Å². The number of rotatable bonds is 3. The average Bonchev–Trinajstić information content (AvgIpc) is 2.48. The largest absolute Gasteiger partial charge is 0.450 e. The van der Waals surface area contributed by atoms with E-state index in [1.54, 1.807) is 11.8 Å². The number of carbonyl (C=O) groups excluding carboxylic acids is 2. The topological polar surface area (TPSA) is 61.9 Å². The number of hydrogen-bond donors (Lipinski definition) is 1. The van der Waals surface area contributed by atoms with E-state index in [9.17, 15) is 9.59 Å². The maximum atomic E-state index is 12.2. The van der Waals surface area contributed by atoms with Gasteiger partial charge in [0.2, 0.25) is 5.91 Å². The molecule has 0 saturated carbocycles. The van der Waals surface area contributed by atoms with Crippen molar-refractivity contribution < 1.29 is 14.3 Å². The second-order valence-corrected chi connectivity index (χ2v) is 5.42. The van der Waals surface area contributed by atoms with E-state index < -0.39 is 0 Å². The molecule has 2 saturated heterocycles. The third-order valence-electron chi connectivity index (χ3n) is 3.99. The summed E-state index contributed by atoms with van der Waals surface area (Å²) in [4.78, 5) is 27.3. The van der Waals surface area contributed by atoms with Gasteiger partial charge in [-0.2, -0.15) is 0 Å². The second-order valence-electron chi connectivity index (χ2n) is 5.42. The molecule has 2 amide bonds. The zero-order valence-electron chi connectivity index (χ0n) is 12.3. The van der Waals surface area contributed by atoms with Crippen molar-refractivity contribution >= 4 is 12.0 Å². The summed E-state index contributed by atoms with van der Waals surface area (Å²) >= 11 is 0. The summed E-state index contributed by atoms with van der Waals surface area (Å²) in [5, 5.41) is 3.40. The van der Waals surface area contributed by atoms with Crippen LogP contribution in [0.1, 0.15) is 32.6 Å². The molecule has 0 aliphatic carbocycles. The Morgan fingerprint density at radius 1 is 1.15 bits per heavy atom. The number of carbonyl (C=O) groups is 2. The Morgan fingerprint density at radius 2 is 1.85 bits per heavy atom. The Labute approximate surface area is 120 Å². The average molecular weight is 283 g/mol. The Bertz CT molecular complexity index is 335. The summed E-state index contributed by atoms with van der Waals surface area (Å²) < 4.78 is 4.97. The van der Waals surface area contributed by atoms with Crippen LogP contribution in [-0.4, -0.2) is 67.2 Å². The van der Waals surface area contributed by atoms with Crippen molar-refractivity contribution in [2.45, 2.75) is 38.6 Å². The molecule has 1 N–H and O–H groups in total. The first-order valence-electron chi connectivity index (χ1n) is 7.63. The Kier molecular flexibility index (Phi) is 5.64. The number of piperidine rings is 1. The van der Waals surface area contributed by atoms with Crippen molar-refractivity contribution in [1.82, 2.24) is 15.1 Å². The highest BCUT2D eigenvalue weighted by atomic mass is 16.6. The number of piperazine rings is 1. The molecule has 20 heavy (non-hydrogen) atoms. The number of amides is 2. The molecule has 2 rings (SSSR count). The van der Waals surface area contributed by atoms with Gasteiger partial charge in [-0.05, 0) is 26.3 Å². The van der Waals surface area contributed by atoms with Crippen molar-refractivity contribution in [2.75, 3.05) is 39.3 Å². The normalized spacial score (nSPS) is 23.6. The molecular formula is C14H25N3O3.